The van der Waals surface area contributed by atoms with Gasteiger partial charge in [0.1, 0.15) is 0 Å². The molecule has 2 aliphatic heterocycles. The number of carbonyl (C=O) groups excluding carboxylic acids is 1. The highest BCUT2D eigenvalue weighted by Gasteiger charge is 2.29. The van der Waals surface area contributed by atoms with Crippen molar-refractivity contribution in [3.63, 3.8) is 0 Å². The number of hydrogen-bond donors (Lipinski definition) is 2. The minimum atomic E-state index is -1.01. The molecule has 8 heteroatoms. The van der Waals surface area contributed by atoms with Crippen LogP contribution < -0.4 is 5.32 Å². The smallest absolute Gasteiger partial charge is 0.355 e. The third-order valence-electron chi connectivity index (χ3n) is 5.02. The third kappa shape index (κ3) is 4.99. The van der Waals surface area contributed by atoms with Gasteiger partial charge in [0.25, 0.3) is 0 Å². The Balaban J connectivity index is 1.36. The highest BCUT2D eigenvalue weighted by molar-refractivity contribution is 7.09. The van der Waals surface area contributed by atoms with Gasteiger partial charge in [0, 0.05) is 43.5 Å². The average molecular weight is 367 g/mol. The van der Waals surface area contributed by atoms with E-state index in [1.807, 2.05) is 0 Å². The van der Waals surface area contributed by atoms with Crippen LogP contribution in [0, 0.1) is 5.92 Å². The van der Waals surface area contributed by atoms with E-state index in [9.17, 15) is 9.59 Å². The molecule has 0 saturated carbocycles. The van der Waals surface area contributed by atoms with Crippen LogP contribution in [0.5, 0.6) is 0 Å². The van der Waals surface area contributed by atoms with Gasteiger partial charge in [-0.1, -0.05) is 0 Å². The lowest BCUT2D eigenvalue weighted by Gasteiger charge is -2.38. The Hall–Kier alpha value is -1.51. The van der Waals surface area contributed by atoms with Crippen molar-refractivity contribution in [2.45, 2.75) is 38.1 Å². The monoisotopic (exact) mass is 367 g/mol. The predicted octanol–water partition coefficient (Wildman–Crippen LogP) is 1.39. The zero-order valence-electron chi connectivity index (χ0n) is 14.3. The molecular weight excluding hydrogens is 342 g/mol. The fraction of sp³-hybridized carbons (Fsp3) is 0.706. The van der Waals surface area contributed by atoms with Crippen LogP contribution in [0.1, 0.15) is 41.2 Å². The number of carboxylic acids is 1. The lowest BCUT2D eigenvalue weighted by Crippen LogP contribution is -2.46. The summed E-state index contributed by atoms with van der Waals surface area (Å²) in [5.74, 6) is -0.813. The van der Waals surface area contributed by atoms with Crippen molar-refractivity contribution in [1.82, 2.24) is 15.2 Å². The Labute approximate surface area is 151 Å². The number of carbonyl (C=O) groups is 2. The molecule has 138 valence electrons. The zero-order valence-corrected chi connectivity index (χ0v) is 15.1. The molecule has 0 unspecified atom stereocenters. The van der Waals surface area contributed by atoms with E-state index in [4.69, 9.17) is 9.84 Å². The maximum absolute atomic E-state index is 12.3. The molecule has 3 heterocycles. The quantitative estimate of drug-likeness (QED) is 0.789. The number of nitrogens with zero attached hydrogens (tertiary/aromatic N) is 2. The fourth-order valence-corrected chi connectivity index (χ4v) is 4.31. The van der Waals surface area contributed by atoms with Crippen molar-refractivity contribution >= 4 is 23.2 Å². The molecule has 2 fully saturated rings. The molecular formula is C17H25N3O4S. The van der Waals surface area contributed by atoms with E-state index in [1.54, 1.807) is 0 Å². The third-order valence-corrected chi connectivity index (χ3v) is 5.93. The van der Waals surface area contributed by atoms with Gasteiger partial charge in [-0.3, -0.25) is 4.79 Å². The van der Waals surface area contributed by atoms with Gasteiger partial charge in [-0.15, -0.1) is 11.3 Å². The molecule has 0 aromatic carbocycles. The van der Waals surface area contributed by atoms with Crippen molar-refractivity contribution in [3.05, 3.63) is 16.1 Å². The van der Waals surface area contributed by atoms with Crippen molar-refractivity contribution in [1.29, 1.82) is 0 Å². The Morgan fingerprint density at radius 3 is 2.64 bits per heavy atom. The molecule has 1 aromatic rings. The number of ether oxygens (including phenoxy) is 1. The standard InChI is InChI=1S/C17H25N3O4S/c21-16(18-6-1-15-19-14(11-25-15)17(22)23)12-2-7-20(8-3-12)13-4-9-24-10-5-13/h11-13H,1-10H2,(H,18,21)(H,22,23). The Kier molecular flexibility index (Phi) is 6.39. The van der Waals surface area contributed by atoms with Crippen molar-refractivity contribution in [3.8, 4) is 0 Å². The first-order chi connectivity index (χ1) is 12.1. The van der Waals surface area contributed by atoms with Crippen LogP contribution in [-0.2, 0) is 16.0 Å². The number of aromatic nitrogens is 1. The largest absolute Gasteiger partial charge is 0.476 e. The maximum atomic E-state index is 12.3. The van der Waals surface area contributed by atoms with Gasteiger partial charge in [0.2, 0.25) is 5.91 Å². The second-order valence-electron chi connectivity index (χ2n) is 6.63. The van der Waals surface area contributed by atoms with Gasteiger partial charge < -0.3 is 20.1 Å². The van der Waals surface area contributed by atoms with Crippen LogP contribution >= 0.6 is 11.3 Å². The molecule has 0 radical (unpaired) electrons. The molecule has 0 spiro atoms. The van der Waals surface area contributed by atoms with Gasteiger partial charge in [0.05, 0.1) is 5.01 Å². The molecule has 25 heavy (non-hydrogen) atoms. The summed E-state index contributed by atoms with van der Waals surface area (Å²) in [5.41, 5.74) is 0.0758. The second kappa shape index (κ2) is 8.73. The molecule has 2 N–H and O–H groups in total. The number of thiazole rings is 1. The van der Waals surface area contributed by atoms with Crippen LogP contribution in [0.3, 0.4) is 0 Å². The first kappa shape index (κ1) is 18.3. The SMILES string of the molecule is O=C(O)c1csc(CCNC(=O)C2CCN(C3CCOCC3)CC2)n1. The number of aromatic carboxylic acids is 1. The number of amides is 1. The van der Waals surface area contributed by atoms with E-state index in [-0.39, 0.29) is 17.5 Å². The van der Waals surface area contributed by atoms with Crippen molar-refractivity contribution in [2.24, 2.45) is 5.92 Å². The normalized spacial score (nSPS) is 20.5. The fourth-order valence-electron chi connectivity index (χ4n) is 3.54. The molecule has 0 aliphatic carbocycles. The second-order valence-corrected chi connectivity index (χ2v) is 7.57. The first-order valence-electron chi connectivity index (χ1n) is 8.90. The minimum Gasteiger partial charge on any atom is -0.476 e. The van der Waals surface area contributed by atoms with Crippen molar-refractivity contribution in [2.75, 3.05) is 32.8 Å². The summed E-state index contributed by atoms with van der Waals surface area (Å²) in [7, 11) is 0. The Bertz CT molecular complexity index is 592. The predicted molar refractivity (Wildman–Crippen MR) is 93.9 cm³/mol. The molecule has 1 aromatic heterocycles. The van der Waals surface area contributed by atoms with E-state index in [0.29, 0.717) is 19.0 Å². The molecule has 1 amide bonds. The van der Waals surface area contributed by atoms with Crippen LogP contribution in [0.2, 0.25) is 0 Å². The number of rotatable bonds is 6. The average Bonchev–Trinajstić information content (AvgIpc) is 3.12. The highest BCUT2D eigenvalue weighted by atomic mass is 32.1. The molecule has 0 atom stereocenters. The van der Waals surface area contributed by atoms with Gasteiger partial charge >= 0.3 is 5.97 Å². The van der Waals surface area contributed by atoms with E-state index in [2.05, 4.69) is 15.2 Å². The van der Waals surface area contributed by atoms with Crippen molar-refractivity contribution < 1.29 is 19.4 Å². The summed E-state index contributed by atoms with van der Waals surface area (Å²) in [5, 5.41) is 14.1. The van der Waals surface area contributed by atoms with Crippen LogP contribution in [0.4, 0.5) is 0 Å². The van der Waals surface area contributed by atoms with Gasteiger partial charge in [-0.05, 0) is 38.8 Å². The molecule has 3 rings (SSSR count). The molecule has 2 aliphatic rings. The number of nitrogens with one attached hydrogen (secondary N) is 1. The molecule has 7 nitrogen and oxygen atoms in total. The van der Waals surface area contributed by atoms with Gasteiger partial charge in [-0.2, -0.15) is 0 Å². The molecule has 2 saturated heterocycles. The maximum Gasteiger partial charge on any atom is 0.355 e. The van der Waals surface area contributed by atoms with Gasteiger partial charge in [-0.25, -0.2) is 9.78 Å². The summed E-state index contributed by atoms with van der Waals surface area (Å²) in [4.78, 5) is 29.7. The zero-order chi connectivity index (χ0) is 17.6. The minimum absolute atomic E-state index is 0.0758. The van der Waals surface area contributed by atoms with E-state index < -0.39 is 5.97 Å². The number of carboxylic acid groups (broad SMARTS) is 1. The van der Waals surface area contributed by atoms with Crippen LogP contribution in [-0.4, -0.2) is 65.8 Å². The van der Waals surface area contributed by atoms with Crippen LogP contribution in [0.15, 0.2) is 5.38 Å². The topological polar surface area (TPSA) is 91.8 Å². The van der Waals surface area contributed by atoms with E-state index >= 15 is 0 Å². The Morgan fingerprint density at radius 2 is 2.00 bits per heavy atom. The summed E-state index contributed by atoms with van der Waals surface area (Å²) in [6.45, 7) is 4.18. The Morgan fingerprint density at radius 1 is 1.28 bits per heavy atom. The summed E-state index contributed by atoms with van der Waals surface area (Å²) in [6.07, 6.45) is 4.59. The number of hydrogen-bond acceptors (Lipinski definition) is 6. The highest BCUT2D eigenvalue weighted by Crippen LogP contribution is 2.23. The molecule has 0 bridgehead atoms. The van der Waals surface area contributed by atoms with E-state index in [1.165, 1.54) is 16.7 Å². The lowest BCUT2D eigenvalue weighted by molar-refractivity contribution is -0.126. The first-order valence-corrected chi connectivity index (χ1v) is 9.78. The number of likely N-dealkylation sites (tertiary alicyclic amines) is 1. The van der Waals surface area contributed by atoms with E-state index in [0.717, 1.165) is 57.0 Å². The van der Waals surface area contributed by atoms with Crippen LogP contribution in [0.25, 0.3) is 0 Å². The lowest BCUT2D eigenvalue weighted by atomic mass is 9.93. The summed E-state index contributed by atoms with van der Waals surface area (Å²) in [6, 6.07) is 0.617. The summed E-state index contributed by atoms with van der Waals surface area (Å²) < 4.78 is 5.42. The summed E-state index contributed by atoms with van der Waals surface area (Å²) >= 11 is 1.32. The number of piperidine rings is 1. The van der Waals surface area contributed by atoms with Gasteiger partial charge in [0.15, 0.2) is 5.69 Å².